The zero-order valence-corrected chi connectivity index (χ0v) is 11.7. The molecule has 19 heavy (non-hydrogen) atoms. The van der Waals surface area contributed by atoms with Gasteiger partial charge in [-0.1, -0.05) is 32.1 Å². The lowest BCUT2D eigenvalue weighted by atomic mass is 10.3. The van der Waals surface area contributed by atoms with E-state index in [2.05, 4.69) is 11.6 Å². The fourth-order valence-corrected chi connectivity index (χ4v) is 1.75. The predicted molar refractivity (Wildman–Crippen MR) is 82.7 cm³/mol. The van der Waals surface area contributed by atoms with E-state index in [4.69, 9.17) is 0 Å². The average Bonchev–Trinajstić information content (AvgIpc) is 2.92. The lowest BCUT2D eigenvalue weighted by Gasteiger charge is -2.00. The van der Waals surface area contributed by atoms with Gasteiger partial charge in [0.25, 0.3) is 5.56 Å². The molecule has 0 fully saturated rings. The smallest absolute Gasteiger partial charge is 0.272 e. The number of aromatic nitrogens is 2. The maximum absolute atomic E-state index is 11.6. The van der Waals surface area contributed by atoms with Crippen molar-refractivity contribution in [3.63, 3.8) is 0 Å². The van der Waals surface area contributed by atoms with Gasteiger partial charge >= 0.3 is 0 Å². The quantitative estimate of drug-likeness (QED) is 0.606. The molecule has 3 heteroatoms. The van der Waals surface area contributed by atoms with Gasteiger partial charge in [-0.05, 0) is 31.2 Å². The zero-order valence-electron chi connectivity index (χ0n) is 11.7. The molecular formula is C16H20N2O. The molecule has 0 atom stereocenters. The number of rotatable bonds is 0. The maximum Gasteiger partial charge on any atom is 0.272 e. The molecule has 0 aliphatic rings. The van der Waals surface area contributed by atoms with Crippen LogP contribution in [0.2, 0.25) is 0 Å². The van der Waals surface area contributed by atoms with Crippen molar-refractivity contribution in [2.45, 2.75) is 20.8 Å². The van der Waals surface area contributed by atoms with Crippen LogP contribution in [-0.2, 0) is 0 Å². The third-order valence-corrected chi connectivity index (χ3v) is 2.39. The summed E-state index contributed by atoms with van der Waals surface area (Å²) in [7, 11) is 0. The second-order valence-corrected chi connectivity index (χ2v) is 3.64. The van der Waals surface area contributed by atoms with Gasteiger partial charge in [-0.25, -0.2) is 0 Å². The zero-order chi connectivity index (χ0) is 14.3. The monoisotopic (exact) mass is 256 g/mol. The highest BCUT2D eigenvalue weighted by atomic mass is 16.1. The minimum atomic E-state index is -0.0475. The predicted octanol–water partition coefficient (Wildman–Crippen LogP) is 4.00. The average molecular weight is 256 g/mol. The van der Waals surface area contributed by atoms with Crippen molar-refractivity contribution in [2.75, 3.05) is 0 Å². The molecule has 3 aromatic rings. The van der Waals surface area contributed by atoms with E-state index in [9.17, 15) is 4.79 Å². The van der Waals surface area contributed by atoms with Gasteiger partial charge in [0, 0.05) is 6.20 Å². The fourth-order valence-electron chi connectivity index (χ4n) is 1.75. The molecule has 0 radical (unpaired) electrons. The molecule has 0 saturated carbocycles. The van der Waals surface area contributed by atoms with Crippen molar-refractivity contribution in [1.29, 1.82) is 0 Å². The first-order valence-corrected chi connectivity index (χ1v) is 6.43. The van der Waals surface area contributed by atoms with Crippen LogP contribution in [0.25, 0.3) is 16.6 Å². The van der Waals surface area contributed by atoms with E-state index in [1.165, 1.54) is 0 Å². The third-order valence-electron chi connectivity index (χ3n) is 2.39. The summed E-state index contributed by atoms with van der Waals surface area (Å²) in [6.45, 7) is 9.25. The number of H-pyrrole nitrogens is 1. The molecule has 0 bridgehead atoms. The molecule has 0 saturated heterocycles. The summed E-state index contributed by atoms with van der Waals surface area (Å²) >= 11 is 0. The summed E-state index contributed by atoms with van der Waals surface area (Å²) in [4.78, 5) is 14.4. The largest absolute Gasteiger partial charge is 0.319 e. The van der Waals surface area contributed by atoms with Crippen LogP contribution in [0.5, 0.6) is 0 Å². The summed E-state index contributed by atoms with van der Waals surface area (Å²) in [6.07, 6.45) is 3.65. The van der Waals surface area contributed by atoms with Crippen molar-refractivity contribution >= 4 is 16.6 Å². The van der Waals surface area contributed by atoms with Crippen LogP contribution >= 0.6 is 0 Å². The number of fused-ring (bicyclic) bond motifs is 3. The van der Waals surface area contributed by atoms with E-state index in [-0.39, 0.29) is 5.56 Å². The number of para-hydroxylation sites is 2. The second-order valence-electron chi connectivity index (χ2n) is 3.64. The van der Waals surface area contributed by atoms with Crippen LogP contribution in [0, 0.1) is 0 Å². The van der Waals surface area contributed by atoms with Gasteiger partial charge in [-0.2, -0.15) is 0 Å². The SMILES string of the molecule is C=CC.CC.O=c1[nH]c2ccccc2n2cccc12. The molecule has 0 amide bonds. The van der Waals surface area contributed by atoms with Crippen LogP contribution in [0.15, 0.2) is 60.0 Å². The Hall–Kier alpha value is -2.29. The molecule has 1 aromatic carbocycles. The minimum absolute atomic E-state index is 0.0475. The Labute approximate surface area is 113 Å². The second kappa shape index (κ2) is 7.21. The van der Waals surface area contributed by atoms with Crippen molar-refractivity contribution in [3.05, 3.63) is 65.6 Å². The van der Waals surface area contributed by atoms with Crippen LogP contribution in [0.1, 0.15) is 20.8 Å². The molecule has 3 rings (SSSR count). The van der Waals surface area contributed by atoms with E-state index in [0.29, 0.717) is 5.52 Å². The molecular weight excluding hydrogens is 236 g/mol. The first-order valence-electron chi connectivity index (χ1n) is 6.43. The van der Waals surface area contributed by atoms with Crippen LogP contribution < -0.4 is 5.56 Å². The van der Waals surface area contributed by atoms with Crippen LogP contribution in [0.4, 0.5) is 0 Å². The van der Waals surface area contributed by atoms with E-state index in [0.717, 1.165) is 11.0 Å². The molecule has 0 unspecified atom stereocenters. The van der Waals surface area contributed by atoms with E-state index < -0.39 is 0 Å². The molecule has 2 aromatic heterocycles. The maximum atomic E-state index is 11.6. The number of nitrogens with zero attached hydrogens (tertiary/aromatic N) is 1. The summed E-state index contributed by atoms with van der Waals surface area (Å²) in [5.41, 5.74) is 2.52. The standard InChI is InChI=1S/C11H8N2O.C3H6.C2H6/c14-11-10-6-3-7-13(10)9-5-2-1-4-8(9)12-11;1-3-2;1-2/h1-7H,(H,12,14);3H,1H2,2H3;1-2H3. The highest BCUT2D eigenvalue weighted by Crippen LogP contribution is 2.11. The van der Waals surface area contributed by atoms with Crippen molar-refractivity contribution in [1.82, 2.24) is 9.38 Å². The van der Waals surface area contributed by atoms with Crippen LogP contribution in [0.3, 0.4) is 0 Å². The molecule has 0 aliphatic carbocycles. The van der Waals surface area contributed by atoms with Gasteiger partial charge in [-0.3, -0.25) is 4.79 Å². The molecule has 0 spiro atoms. The summed E-state index contributed by atoms with van der Waals surface area (Å²) in [5, 5.41) is 0. The Morgan fingerprint density at radius 3 is 2.37 bits per heavy atom. The van der Waals surface area contributed by atoms with Gasteiger partial charge in [0.1, 0.15) is 5.52 Å². The summed E-state index contributed by atoms with van der Waals surface area (Å²) < 4.78 is 1.90. The minimum Gasteiger partial charge on any atom is -0.319 e. The number of benzene rings is 1. The Morgan fingerprint density at radius 1 is 1.11 bits per heavy atom. The van der Waals surface area contributed by atoms with Crippen molar-refractivity contribution in [3.8, 4) is 0 Å². The first-order chi connectivity index (χ1) is 9.27. The Morgan fingerprint density at radius 2 is 1.68 bits per heavy atom. The molecule has 100 valence electrons. The Balaban J connectivity index is 0.000000321. The van der Waals surface area contributed by atoms with Gasteiger partial charge in [0.15, 0.2) is 0 Å². The van der Waals surface area contributed by atoms with Gasteiger partial charge in [0.2, 0.25) is 0 Å². The number of allylic oxidation sites excluding steroid dienone is 1. The number of hydrogen-bond acceptors (Lipinski definition) is 1. The van der Waals surface area contributed by atoms with E-state index in [1.54, 1.807) is 6.08 Å². The third kappa shape index (κ3) is 3.13. The van der Waals surface area contributed by atoms with Gasteiger partial charge in [0.05, 0.1) is 11.0 Å². The molecule has 2 heterocycles. The first kappa shape index (κ1) is 14.8. The van der Waals surface area contributed by atoms with Crippen LogP contribution in [-0.4, -0.2) is 9.38 Å². The summed E-state index contributed by atoms with van der Waals surface area (Å²) in [5.74, 6) is 0. The Kier molecular flexibility index (Phi) is 5.61. The van der Waals surface area contributed by atoms with E-state index in [1.807, 2.05) is 67.8 Å². The normalized spacial score (nSPS) is 9.21. The highest BCUT2D eigenvalue weighted by Gasteiger charge is 2.01. The lowest BCUT2D eigenvalue weighted by Crippen LogP contribution is -2.09. The molecule has 1 N–H and O–H groups in total. The Bertz CT molecular complexity index is 707. The highest BCUT2D eigenvalue weighted by molar-refractivity contribution is 5.77. The van der Waals surface area contributed by atoms with Gasteiger partial charge in [-0.15, -0.1) is 6.58 Å². The lowest BCUT2D eigenvalue weighted by molar-refractivity contribution is 1.19. The number of aromatic amines is 1. The molecule has 3 nitrogen and oxygen atoms in total. The number of hydrogen-bond donors (Lipinski definition) is 1. The molecule has 0 aliphatic heterocycles. The van der Waals surface area contributed by atoms with Gasteiger partial charge < -0.3 is 9.38 Å². The van der Waals surface area contributed by atoms with E-state index >= 15 is 0 Å². The number of nitrogens with one attached hydrogen (secondary N) is 1. The topological polar surface area (TPSA) is 37.3 Å². The fraction of sp³-hybridized carbons (Fsp3) is 0.188. The summed E-state index contributed by atoms with van der Waals surface area (Å²) in [6, 6.07) is 11.4. The van der Waals surface area contributed by atoms with Crippen molar-refractivity contribution < 1.29 is 0 Å². The van der Waals surface area contributed by atoms with Crippen molar-refractivity contribution in [2.24, 2.45) is 0 Å².